The topological polar surface area (TPSA) is 20.3 Å². The first-order chi connectivity index (χ1) is 11.0. The molecule has 0 saturated carbocycles. The van der Waals surface area contributed by atoms with Crippen molar-refractivity contribution in [2.75, 3.05) is 20.6 Å². The highest BCUT2D eigenvalue weighted by Crippen LogP contribution is 2.41. The van der Waals surface area contributed by atoms with Crippen molar-refractivity contribution in [2.45, 2.75) is 25.7 Å². The van der Waals surface area contributed by atoms with Crippen LogP contribution in [0.25, 0.3) is 0 Å². The highest BCUT2D eigenvalue weighted by Gasteiger charge is 2.45. The Kier molecular flexibility index (Phi) is 7.65. The zero-order valence-electron chi connectivity index (χ0n) is 15.0. The molecule has 0 radical (unpaired) electrons. The van der Waals surface area contributed by atoms with E-state index in [1.54, 1.807) is 0 Å². The molecule has 0 fully saturated rings. The minimum Gasteiger partial charge on any atom is -0.309 e. The van der Waals surface area contributed by atoms with Gasteiger partial charge in [0.2, 0.25) is 0 Å². The lowest BCUT2D eigenvalue weighted by molar-refractivity contribution is -0.124. The van der Waals surface area contributed by atoms with Crippen molar-refractivity contribution in [1.29, 1.82) is 0 Å². The molecule has 0 unspecified atom stereocenters. The minimum absolute atomic E-state index is 0. The van der Waals surface area contributed by atoms with Crippen LogP contribution in [0, 0.1) is 5.92 Å². The molecule has 3 heteroatoms. The average molecular weight is 346 g/mol. The lowest BCUT2D eigenvalue weighted by atomic mass is 9.63. The van der Waals surface area contributed by atoms with Crippen molar-refractivity contribution in [3.63, 3.8) is 0 Å². The normalized spacial score (nSPS) is 12.5. The molecular weight excluding hydrogens is 318 g/mol. The lowest BCUT2D eigenvalue weighted by Gasteiger charge is -2.40. The van der Waals surface area contributed by atoms with Crippen molar-refractivity contribution in [1.82, 2.24) is 4.90 Å². The van der Waals surface area contributed by atoms with Gasteiger partial charge >= 0.3 is 0 Å². The van der Waals surface area contributed by atoms with E-state index in [1.165, 1.54) is 0 Å². The fourth-order valence-electron chi connectivity index (χ4n) is 3.70. The number of halogens is 1. The molecule has 0 aliphatic rings. The predicted molar refractivity (Wildman–Crippen MR) is 104 cm³/mol. The molecule has 2 aromatic rings. The smallest absolute Gasteiger partial charge is 0.147 e. The van der Waals surface area contributed by atoms with Crippen molar-refractivity contribution < 1.29 is 4.79 Å². The number of hydrogen-bond acceptors (Lipinski definition) is 2. The molecule has 0 saturated heterocycles. The van der Waals surface area contributed by atoms with Gasteiger partial charge in [0.25, 0.3) is 0 Å². The van der Waals surface area contributed by atoms with Crippen LogP contribution in [0.1, 0.15) is 31.4 Å². The van der Waals surface area contributed by atoms with E-state index in [4.69, 9.17) is 0 Å². The van der Waals surface area contributed by atoms with Crippen LogP contribution in [0.5, 0.6) is 0 Å². The molecule has 1 atom stereocenters. The second-order valence-electron chi connectivity index (χ2n) is 6.48. The van der Waals surface area contributed by atoms with E-state index in [1.807, 2.05) is 43.3 Å². The summed E-state index contributed by atoms with van der Waals surface area (Å²) in [5, 5.41) is 0. The first-order valence-electron chi connectivity index (χ1n) is 8.32. The van der Waals surface area contributed by atoms with Gasteiger partial charge < -0.3 is 4.90 Å². The van der Waals surface area contributed by atoms with Gasteiger partial charge in [-0.05, 0) is 31.1 Å². The third-order valence-corrected chi connectivity index (χ3v) is 4.60. The van der Waals surface area contributed by atoms with E-state index >= 15 is 0 Å². The number of benzene rings is 2. The van der Waals surface area contributed by atoms with E-state index in [9.17, 15) is 4.79 Å². The van der Waals surface area contributed by atoms with Crippen molar-refractivity contribution in [3.8, 4) is 0 Å². The van der Waals surface area contributed by atoms with Crippen molar-refractivity contribution >= 4 is 18.2 Å². The number of carbonyl (C=O) groups is 1. The minimum atomic E-state index is -0.596. The summed E-state index contributed by atoms with van der Waals surface area (Å²) in [4.78, 5) is 15.4. The van der Waals surface area contributed by atoms with Gasteiger partial charge in [-0.3, -0.25) is 4.79 Å². The van der Waals surface area contributed by atoms with Gasteiger partial charge in [0.1, 0.15) is 5.78 Å². The Labute approximate surface area is 152 Å². The van der Waals surface area contributed by atoms with Crippen LogP contribution in [-0.2, 0) is 10.2 Å². The Balaban J connectivity index is 0.00000288. The molecule has 0 heterocycles. The molecule has 2 aromatic carbocycles. The van der Waals surface area contributed by atoms with Crippen LogP contribution in [0.3, 0.4) is 0 Å². The first kappa shape index (κ1) is 20.4. The molecule has 0 N–H and O–H groups in total. The van der Waals surface area contributed by atoms with E-state index in [0.29, 0.717) is 6.42 Å². The molecule has 0 aromatic heterocycles. The zero-order chi connectivity index (χ0) is 16.9. The Hall–Kier alpha value is -1.64. The molecule has 0 aliphatic heterocycles. The number of Topliss-reactive ketones (excluding diaryl/α,β-unsaturated/α-hetero) is 1. The fourth-order valence-corrected chi connectivity index (χ4v) is 3.70. The van der Waals surface area contributed by atoms with Gasteiger partial charge in [-0.2, -0.15) is 0 Å². The van der Waals surface area contributed by atoms with E-state index in [2.05, 4.69) is 50.2 Å². The van der Waals surface area contributed by atoms with Crippen LogP contribution in [0.15, 0.2) is 60.7 Å². The largest absolute Gasteiger partial charge is 0.309 e. The van der Waals surface area contributed by atoms with Gasteiger partial charge in [-0.25, -0.2) is 0 Å². The summed E-state index contributed by atoms with van der Waals surface area (Å²) >= 11 is 0. The molecule has 2 nitrogen and oxygen atoms in total. The fraction of sp³-hybridized carbons (Fsp3) is 0.381. The van der Waals surface area contributed by atoms with Crippen LogP contribution in [-0.4, -0.2) is 31.3 Å². The van der Waals surface area contributed by atoms with Crippen LogP contribution in [0.4, 0.5) is 0 Å². The zero-order valence-corrected chi connectivity index (χ0v) is 15.8. The summed E-state index contributed by atoms with van der Waals surface area (Å²) in [6.45, 7) is 5.01. The summed E-state index contributed by atoms with van der Waals surface area (Å²) < 4.78 is 0. The van der Waals surface area contributed by atoms with Gasteiger partial charge in [0.05, 0.1) is 5.41 Å². The molecule has 0 spiro atoms. The Morgan fingerprint density at radius 3 is 1.71 bits per heavy atom. The third kappa shape index (κ3) is 3.88. The van der Waals surface area contributed by atoms with Crippen molar-refractivity contribution in [2.24, 2.45) is 5.92 Å². The van der Waals surface area contributed by atoms with Crippen LogP contribution in [0.2, 0.25) is 0 Å². The maximum absolute atomic E-state index is 13.2. The maximum atomic E-state index is 13.2. The SMILES string of the molecule is CCC(=O)C(c1ccccc1)(c1ccccc1)[C@H](C)CN(C)C.Cl. The first-order valence-corrected chi connectivity index (χ1v) is 8.32. The number of rotatable bonds is 7. The molecule has 0 bridgehead atoms. The van der Waals surface area contributed by atoms with Gasteiger partial charge in [0.15, 0.2) is 0 Å². The molecule has 2 rings (SSSR count). The summed E-state index contributed by atoms with van der Waals surface area (Å²) in [7, 11) is 4.13. The highest BCUT2D eigenvalue weighted by molar-refractivity contribution is 5.94. The number of ketones is 1. The van der Waals surface area contributed by atoms with Crippen LogP contribution >= 0.6 is 12.4 Å². The van der Waals surface area contributed by atoms with Gasteiger partial charge in [-0.1, -0.05) is 74.5 Å². The lowest BCUT2D eigenvalue weighted by Crippen LogP contribution is -2.46. The second kappa shape index (κ2) is 9.00. The second-order valence-corrected chi connectivity index (χ2v) is 6.48. The van der Waals surface area contributed by atoms with Gasteiger partial charge in [-0.15, -0.1) is 12.4 Å². The quantitative estimate of drug-likeness (QED) is 0.732. The van der Waals surface area contributed by atoms with E-state index < -0.39 is 5.41 Å². The van der Waals surface area contributed by atoms with Gasteiger partial charge in [0, 0.05) is 13.0 Å². The van der Waals surface area contributed by atoms with E-state index in [0.717, 1.165) is 17.7 Å². The summed E-state index contributed by atoms with van der Waals surface area (Å²) in [5.74, 6) is 0.457. The third-order valence-electron chi connectivity index (χ3n) is 4.60. The maximum Gasteiger partial charge on any atom is 0.147 e. The van der Waals surface area contributed by atoms with E-state index in [-0.39, 0.29) is 24.1 Å². The Morgan fingerprint density at radius 1 is 0.958 bits per heavy atom. The highest BCUT2D eigenvalue weighted by atomic mass is 35.5. The molecule has 130 valence electrons. The van der Waals surface area contributed by atoms with Crippen LogP contribution < -0.4 is 0 Å². The predicted octanol–water partition coefficient (Wildman–Crippen LogP) is 4.57. The molecular formula is C21H28ClNO. The monoisotopic (exact) mass is 345 g/mol. The Bertz CT molecular complexity index is 585. The summed E-state index contributed by atoms with van der Waals surface area (Å²) in [5.41, 5.74) is 1.58. The average Bonchev–Trinajstić information content (AvgIpc) is 2.56. The summed E-state index contributed by atoms with van der Waals surface area (Å²) in [6.07, 6.45) is 0.529. The van der Waals surface area contributed by atoms with Crippen molar-refractivity contribution in [3.05, 3.63) is 71.8 Å². The number of hydrogen-bond donors (Lipinski definition) is 0. The molecule has 0 aliphatic carbocycles. The number of nitrogens with zero attached hydrogens (tertiary/aromatic N) is 1. The Morgan fingerprint density at radius 2 is 1.38 bits per heavy atom. The molecule has 24 heavy (non-hydrogen) atoms. The standard InChI is InChI=1S/C21H27NO.ClH/c1-5-20(23)21(17(2)16-22(3)4,18-12-8-6-9-13-18)19-14-10-7-11-15-19;/h6-15,17H,5,16H2,1-4H3;1H/t17-;/m1./s1. The molecule has 0 amide bonds. The summed E-state index contributed by atoms with van der Waals surface area (Å²) in [6, 6.07) is 20.5. The number of carbonyl (C=O) groups excluding carboxylic acids is 1.